The van der Waals surface area contributed by atoms with E-state index in [1.807, 2.05) is 0 Å². The Balaban J connectivity index is 4.29. The van der Waals surface area contributed by atoms with Crippen LogP contribution in [-0.2, 0) is 0 Å². The lowest BCUT2D eigenvalue weighted by molar-refractivity contribution is 0.0804. The normalized spacial score (nSPS) is 15.4. The highest BCUT2D eigenvalue weighted by Crippen LogP contribution is 2.37. The van der Waals surface area contributed by atoms with Gasteiger partial charge in [-0.15, -0.1) is 0 Å². The van der Waals surface area contributed by atoms with Crippen molar-refractivity contribution in [1.82, 2.24) is 0 Å². The first-order valence-electron chi connectivity index (χ1n) is 6.39. The van der Waals surface area contributed by atoms with Crippen molar-refractivity contribution in [3.63, 3.8) is 0 Å². The van der Waals surface area contributed by atoms with E-state index in [-0.39, 0.29) is 5.41 Å². The van der Waals surface area contributed by atoms with Crippen LogP contribution in [-0.4, -0.2) is 11.7 Å². The zero-order chi connectivity index (χ0) is 12.1. The molecule has 92 valence electrons. The van der Waals surface area contributed by atoms with Gasteiger partial charge in [-0.25, -0.2) is 0 Å². The molecule has 0 aromatic heterocycles. The Morgan fingerprint density at radius 3 is 1.73 bits per heavy atom. The summed E-state index contributed by atoms with van der Waals surface area (Å²) in [6.07, 6.45) is 4.59. The summed E-state index contributed by atoms with van der Waals surface area (Å²) in [5.74, 6) is 0.706. The maximum absolute atomic E-state index is 9.52. The fourth-order valence-electron chi connectivity index (χ4n) is 2.68. The molecule has 0 aromatic carbocycles. The largest absolute Gasteiger partial charge is 0.396 e. The minimum atomic E-state index is 0.171. The van der Waals surface area contributed by atoms with Gasteiger partial charge in [0.15, 0.2) is 0 Å². The summed E-state index contributed by atoms with van der Waals surface area (Å²) >= 11 is 0. The average Bonchev–Trinajstić information content (AvgIpc) is 2.11. The summed E-state index contributed by atoms with van der Waals surface area (Å²) < 4.78 is 0. The van der Waals surface area contributed by atoms with Crippen molar-refractivity contribution in [2.24, 2.45) is 16.7 Å². The van der Waals surface area contributed by atoms with Crippen molar-refractivity contribution in [1.29, 1.82) is 0 Å². The minimum Gasteiger partial charge on any atom is -0.396 e. The van der Waals surface area contributed by atoms with Crippen LogP contribution < -0.4 is 0 Å². The van der Waals surface area contributed by atoms with Gasteiger partial charge in [-0.05, 0) is 42.4 Å². The fraction of sp³-hybridized carbons (Fsp3) is 1.00. The van der Waals surface area contributed by atoms with E-state index in [1.54, 1.807) is 0 Å². The van der Waals surface area contributed by atoms with Gasteiger partial charge in [-0.1, -0.05) is 41.5 Å². The quantitative estimate of drug-likeness (QED) is 0.701. The van der Waals surface area contributed by atoms with E-state index in [9.17, 15) is 5.11 Å². The van der Waals surface area contributed by atoms with Crippen molar-refractivity contribution in [3.8, 4) is 0 Å². The van der Waals surface area contributed by atoms with Gasteiger partial charge in [0.1, 0.15) is 0 Å². The Morgan fingerprint density at radius 1 is 1.00 bits per heavy atom. The predicted octanol–water partition coefficient (Wildman–Crippen LogP) is 4.25. The van der Waals surface area contributed by atoms with E-state index in [2.05, 4.69) is 41.5 Å². The number of hydrogen-bond acceptors (Lipinski definition) is 1. The van der Waals surface area contributed by atoms with E-state index in [0.717, 1.165) is 19.3 Å². The van der Waals surface area contributed by atoms with Gasteiger partial charge in [0, 0.05) is 6.61 Å². The molecule has 0 radical (unpaired) electrons. The van der Waals surface area contributed by atoms with Crippen molar-refractivity contribution >= 4 is 0 Å². The molecule has 0 heterocycles. The van der Waals surface area contributed by atoms with Crippen molar-refractivity contribution in [3.05, 3.63) is 0 Å². The van der Waals surface area contributed by atoms with Gasteiger partial charge in [0.05, 0.1) is 0 Å². The van der Waals surface area contributed by atoms with Gasteiger partial charge in [-0.3, -0.25) is 0 Å². The molecule has 0 aliphatic carbocycles. The highest BCUT2D eigenvalue weighted by molar-refractivity contribution is 4.79. The average molecular weight is 214 g/mol. The second kappa shape index (κ2) is 5.89. The first-order valence-corrected chi connectivity index (χ1v) is 6.39. The highest BCUT2D eigenvalue weighted by Gasteiger charge is 2.28. The van der Waals surface area contributed by atoms with E-state index >= 15 is 0 Å². The van der Waals surface area contributed by atoms with Crippen LogP contribution in [0.15, 0.2) is 0 Å². The predicted molar refractivity (Wildman–Crippen MR) is 68.0 cm³/mol. The van der Waals surface area contributed by atoms with Gasteiger partial charge in [0.2, 0.25) is 0 Å². The first-order chi connectivity index (χ1) is 6.78. The Kier molecular flexibility index (Phi) is 5.87. The van der Waals surface area contributed by atoms with Gasteiger partial charge in [0.25, 0.3) is 0 Å². The van der Waals surface area contributed by atoms with E-state index < -0.39 is 0 Å². The molecule has 0 amide bonds. The molecule has 1 N–H and O–H groups in total. The monoisotopic (exact) mass is 214 g/mol. The number of aliphatic hydroxyl groups excluding tert-OH is 1. The summed E-state index contributed by atoms with van der Waals surface area (Å²) in [7, 11) is 0. The standard InChI is InChI=1S/C14H30O/c1-7-14(8-2,11-15)10-12(3)9-13(4,5)6/h12,15H,7-11H2,1-6H3. The van der Waals surface area contributed by atoms with Gasteiger partial charge < -0.3 is 5.11 Å². The van der Waals surface area contributed by atoms with Crippen LogP contribution in [0.3, 0.4) is 0 Å². The second-order valence-corrected chi connectivity index (χ2v) is 6.44. The molecule has 0 rings (SSSR count). The molecular formula is C14H30O. The molecule has 0 aromatic rings. The third-order valence-electron chi connectivity index (χ3n) is 3.58. The lowest BCUT2D eigenvalue weighted by Gasteiger charge is -2.34. The fourth-order valence-corrected chi connectivity index (χ4v) is 2.68. The third-order valence-corrected chi connectivity index (χ3v) is 3.58. The topological polar surface area (TPSA) is 20.2 Å². The number of hydrogen-bond donors (Lipinski definition) is 1. The Labute approximate surface area is 96.3 Å². The van der Waals surface area contributed by atoms with Crippen molar-refractivity contribution < 1.29 is 5.11 Å². The summed E-state index contributed by atoms with van der Waals surface area (Å²) in [5, 5.41) is 9.52. The molecule has 0 fully saturated rings. The Hall–Kier alpha value is -0.0400. The molecule has 1 heteroatoms. The van der Waals surface area contributed by atoms with Crippen LogP contribution in [0.5, 0.6) is 0 Å². The molecule has 0 aliphatic heterocycles. The van der Waals surface area contributed by atoms with Crippen molar-refractivity contribution in [2.45, 2.75) is 67.2 Å². The SMILES string of the molecule is CCC(CC)(CO)CC(C)CC(C)(C)C. The van der Waals surface area contributed by atoms with E-state index in [1.165, 1.54) is 6.42 Å². The lowest BCUT2D eigenvalue weighted by atomic mass is 9.72. The Bertz CT molecular complexity index is 154. The van der Waals surface area contributed by atoms with E-state index in [4.69, 9.17) is 0 Å². The summed E-state index contributed by atoms with van der Waals surface area (Å²) in [5.41, 5.74) is 0.576. The molecule has 1 nitrogen and oxygen atoms in total. The smallest absolute Gasteiger partial charge is 0.0487 e. The molecular weight excluding hydrogens is 184 g/mol. The van der Waals surface area contributed by atoms with Crippen LogP contribution >= 0.6 is 0 Å². The summed E-state index contributed by atoms with van der Waals surface area (Å²) in [4.78, 5) is 0. The minimum absolute atomic E-state index is 0.171. The first kappa shape index (κ1) is 15.0. The molecule has 0 saturated carbocycles. The molecule has 1 unspecified atom stereocenters. The zero-order valence-corrected chi connectivity index (χ0v) is 11.6. The van der Waals surface area contributed by atoms with Crippen LogP contribution in [0.4, 0.5) is 0 Å². The maximum atomic E-state index is 9.52. The van der Waals surface area contributed by atoms with Crippen LogP contribution in [0, 0.1) is 16.7 Å². The number of rotatable bonds is 6. The Morgan fingerprint density at radius 2 is 1.47 bits per heavy atom. The van der Waals surface area contributed by atoms with Crippen LogP contribution in [0.2, 0.25) is 0 Å². The van der Waals surface area contributed by atoms with E-state index in [0.29, 0.717) is 17.9 Å². The second-order valence-electron chi connectivity index (χ2n) is 6.44. The maximum Gasteiger partial charge on any atom is 0.0487 e. The lowest BCUT2D eigenvalue weighted by Crippen LogP contribution is -2.27. The number of aliphatic hydroxyl groups is 1. The molecule has 0 saturated heterocycles. The highest BCUT2D eigenvalue weighted by atomic mass is 16.3. The zero-order valence-electron chi connectivity index (χ0n) is 11.6. The van der Waals surface area contributed by atoms with Gasteiger partial charge >= 0.3 is 0 Å². The molecule has 1 atom stereocenters. The summed E-state index contributed by atoms with van der Waals surface area (Å²) in [6.45, 7) is 13.9. The molecule has 0 spiro atoms. The van der Waals surface area contributed by atoms with Gasteiger partial charge in [-0.2, -0.15) is 0 Å². The molecule has 0 bridgehead atoms. The van der Waals surface area contributed by atoms with Crippen molar-refractivity contribution in [2.75, 3.05) is 6.61 Å². The molecule has 0 aliphatic rings. The molecule has 15 heavy (non-hydrogen) atoms. The van der Waals surface area contributed by atoms with Crippen LogP contribution in [0.1, 0.15) is 67.2 Å². The summed E-state index contributed by atoms with van der Waals surface area (Å²) in [6, 6.07) is 0. The third kappa shape index (κ3) is 5.55. The van der Waals surface area contributed by atoms with Crippen LogP contribution in [0.25, 0.3) is 0 Å².